The van der Waals surface area contributed by atoms with Crippen LogP contribution in [0.25, 0.3) is 0 Å². The van der Waals surface area contributed by atoms with Crippen LogP contribution in [0.1, 0.15) is 12.5 Å². The topological polar surface area (TPSA) is 12.0 Å². The zero-order chi connectivity index (χ0) is 10.6. The van der Waals surface area contributed by atoms with Crippen molar-refractivity contribution in [3.63, 3.8) is 0 Å². The summed E-state index contributed by atoms with van der Waals surface area (Å²) >= 11 is 0. The summed E-state index contributed by atoms with van der Waals surface area (Å²) in [6.07, 6.45) is 5.12. The third kappa shape index (κ3) is 2.54. The first-order valence-corrected chi connectivity index (χ1v) is 4.27. The van der Waals surface area contributed by atoms with E-state index in [0.717, 1.165) is 6.07 Å². The molecule has 0 radical (unpaired) electrons. The van der Waals surface area contributed by atoms with Crippen LogP contribution in [0.2, 0.25) is 0 Å². The highest BCUT2D eigenvalue weighted by molar-refractivity contribution is 5.19. The number of nitrogens with one attached hydrogen (secondary N) is 1. The molecule has 3 heteroatoms. The van der Waals surface area contributed by atoms with Gasteiger partial charge >= 0.3 is 0 Å². The van der Waals surface area contributed by atoms with Gasteiger partial charge in [-0.15, -0.1) is 6.42 Å². The summed E-state index contributed by atoms with van der Waals surface area (Å²) in [5.41, 5.74) is 0.284. The summed E-state index contributed by atoms with van der Waals surface area (Å²) in [6.45, 7) is 2.01. The molecule has 0 spiro atoms. The summed E-state index contributed by atoms with van der Waals surface area (Å²) in [5, 5.41) is 2.87. The molecule has 1 unspecified atom stereocenters. The van der Waals surface area contributed by atoms with E-state index < -0.39 is 11.6 Å². The van der Waals surface area contributed by atoms with Crippen molar-refractivity contribution in [2.24, 2.45) is 0 Å². The maximum atomic E-state index is 13.1. The second-order valence-electron chi connectivity index (χ2n) is 2.98. The van der Waals surface area contributed by atoms with Crippen molar-refractivity contribution in [1.29, 1.82) is 0 Å². The molecule has 0 aromatic heterocycles. The monoisotopic (exact) mass is 195 g/mol. The fourth-order valence-electron chi connectivity index (χ4n) is 1.01. The number of terminal acetylenes is 1. The number of benzene rings is 1. The van der Waals surface area contributed by atoms with Crippen LogP contribution in [0, 0.1) is 24.0 Å². The number of halogens is 2. The summed E-state index contributed by atoms with van der Waals surface area (Å²) in [7, 11) is 0. The van der Waals surface area contributed by atoms with Crippen LogP contribution in [-0.4, -0.2) is 6.04 Å². The van der Waals surface area contributed by atoms with Crippen molar-refractivity contribution in [2.75, 3.05) is 0 Å². The van der Waals surface area contributed by atoms with Crippen LogP contribution in [0.3, 0.4) is 0 Å². The van der Waals surface area contributed by atoms with Gasteiger partial charge in [0.05, 0.1) is 6.04 Å². The molecule has 1 aromatic carbocycles. The molecule has 0 saturated carbocycles. The van der Waals surface area contributed by atoms with Crippen molar-refractivity contribution in [3.05, 3.63) is 35.4 Å². The van der Waals surface area contributed by atoms with Crippen LogP contribution < -0.4 is 5.32 Å². The Morgan fingerprint density at radius 2 is 2.21 bits per heavy atom. The Kier molecular flexibility index (Phi) is 3.61. The maximum absolute atomic E-state index is 13.1. The van der Waals surface area contributed by atoms with Gasteiger partial charge in [0.2, 0.25) is 0 Å². The summed E-state index contributed by atoms with van der Waals surface area (Å²) in [4.78, 5) is 0. The second-order valence-corrected chi connectivity index (χ2v) is 2.98. The Labute approximate surface area is 82.1 Å². The molecule has 1 N–H and O–H groups in total. The third-order valence-corrected chi connectivity index (χ3v) is 1.88. The highest BCUT2D eigenvalue weighted by Gasteiger charge is 2.07. The predicted octanol–water partition coefficient (Wildman–Crippen LogP) is 2.08. The lowest BCUT2D eigenvalue weighted by Crippen LogP contribution is -2.24. The molecule has 74 valence electrons. The zero-order valence-electron chi connectivity index (χ0n) is 7.85. The first kappa shape index (κ1) is 10.7. The van der Waals surface area contributed by atoms with Gasteiger partial charge in [-0.25, -0.2) is 8.78 Å². The van der Waals surface area contributed by atoms with Crippen LogP contribution >= 0.6 is 0 Å². The Morgan fingerprint density at radius 3 is 2.86 bits per heavy atom. The molecule has 0 amide bonds. The maximum Gasteiger partial charge on any atom is 0.163 e. The minimum atomic E-state index is -0.835. The normalized spacial score (nSPS) is 12.1. The number of hydrogen-bond acceptors (Lipinski definition) is 1. The molecular formula is C11H11F2N. The number of hydrogen-bond donors (Lipinski definition) is 1. The van der Waals surface area contributed by atoms with E-state index in [1.54, 1.807) is 6.92 Å². The Morgan fingerprint density at radius 1 is 1.50 bits per heavy atom. The molecule has 0 saturated heterocycles. The molecule has 1 atom stereocenters. The van der Waals surface area contributed by atoms with E-state index in [-0.39, 0.29) is 18.2 Å². The van der Waals surface area contributed by atoms with E-state index in [4.69, 9.17) is 6.42 Å². The lowest BCUT2D eigenvalue weighted by molar-refractivity contribution is 0.491. The minimum absolute atomic E-state index is 0.155. The molecule has 0 fully saturated rings. The average molecular weight is 195 g/mol. The SMILES string of the molecule is C#CC(C)NCc1cccc(F)c1F. The van der Waals surface area contributed by atoms with E-state index >= 15 is 0 Å². The van der Waals surface area contributed by atoms with Gasteiger partial charge in [0.1, 0.15) is 0 Å². The molecule has 0 aliphatic rings. The van der Waals surface area contributed by atoms with Gasteiger partial charge in [0, 0.05) is 12.1 Å². The van der Waals surface area contributed by atoms with Crippen molar-refractivity contribution in [1.82, 2.24) is 5.32 Å². The minimum Gasteiger partial charge on any atom is -0.300 e. The molecule has 14 heavy (non-hydrogen) atoms. The summed E-state index contributed by atoms with van der Waals surface area (Å²) in [5.74, 6) is 0.791. The molecule has 1 nitrogen and oxygen atoms in total. The predicted molar refractivity (Wildman–Crippen MR) is 51.5 cm³/mol. The molecule has 0 bridgehead atoms. The van der Waals surface area contributed by atoms with E-state index in [1.807, 2.05) is 0 Å². The quantitative estimate of drug-likeness (QED) is 0.728. The largest absolute Gasteiger partial charge is 0.300 e. The van der Waals surface area contributed by atoms with E-state index in [1.165, 1.54) is 12.1 Å². The highest BCUT2D eigenvalue weighted by atomic mass is 19.2. The molecule has 0 heterocycles. The fraction of sp³-hybridized carbons (Fsp3) is 0.273. The Hall–Kier alpha value is -1.40. The van der Waals surface area contributed by atoms with Gasteiger partial charge in [-0.2, -0.15) is 0 Å². The van der Waals surface area contributed by atoms with Crippen molar-refractivity contribution in [3.8, 4) is 12.3 Å². The van der Waals surface area contributed by atoms with Crippen molar-refractivity contribution >= 4 is 0 Å². The molecule has 1 rings (SSSR count). The van der Waals surface area contributed by atoms with Gasteiger partial charge in [0.25, 0.3) is 0 Å². The summed E-state index contributed by atoms with van der Waals surface area (Å²) < 4.78 is 25.8. The van der Waals surface area contributed by atoms with E-state index in [9.17, 15) is 8.78 Å². The van der Waals surface area contributed by atoms with Crippen LogP contribution in [0.15, 0.2) is 18.2 Å². The second kappa shape index (κ2) is 4.73. The first-order chi connectivity index (χ1) is 6.65. The average Bonchev–Trinajstić information content (AvgIpc) is 2.20. The van der Waals surface area contributed by atoms with Crippen LogP contribution in [-0.2, 0) is 6.54 Å². The molecule has 0 aliphatic carbocycles. The zero-order valence-corrected chi connectivity index (χ0v) is 7.85. The van der Waals surface area contributed by atoms with Gasteiger partial charge in [-0.05, 0) is 13.0 Å². The van der Waals surface area contributed by atoms with E-state index in [2.05, 4.69) is 11.2 Å². The standard InChI is InChI=1S/C11H11F2N/c1-3-8(2)14-7-9-5-4-6-10(12)11(9)13/h1,4-6,8,14H,7H2,2H3. The molecule has 1 aromatic rings. The Bertz CT molecular complexity index is 355. The van der Waals surface area contributed by atoms with Crippen LogP contribution in [0.4, 0.5) is 8.78 Å². The molecule has 0 aliphatic heterocycles. The van der Waals surface area contributed by atoms with Gasteiger partial charge < -0.3 is 0 Å². The van der Waals surface area contributed by atoms with Crippen molar-refractivity contribution in [2.45, 2.75) is 19.5 Å². The number of rotatable bonds is 3. The molecular weight excluding hydrogens is 184 g/mol. The van der Waals surface area contributed by atoms with Gasteiger partial charge in [0.15, 0.2) is 11.6 Å². The van der Waals surface area contributed by atoms with Gasteiger partial charge in [-0.3, -0.25) is 5.32 Å². The van der Waals surface area contributed by atoms with Crippen LogP contribution in [0.5, 0.6) is 0 Å². The van der Waals surface area contributed by atoms with E-state index in [0.29, 0.717) is 0 Å². The fourth-order valence-corrected chi connectivity index (χ4v) is 1.01. The smallest absolute Gasteiger partial charge is 0.163 e. The highest BCUT2D eigenvalue weighted by Crippen LogP contribution is 2.10. The third-order valence-electron chi connectivity index (χ3n) is 1.88. The Balaban J connectivity index is 2.69. The first-order valence-electron chi connectivity index (χ1n) is 4.27. The van der Waals surface area contributed by atoms with Gasteiger partial charge in [-0.1, -0.05) is 18.1 Å². The summed E-state index contributed by atoms with van der Waals surface area (Å²) in [6, 6.07) is 3.92. The van der Waals surface area contributed by atoms with Crippen molar-refractivity contribution < 1.29 is 8.78 Å². The lowest BCUT2D eigenvalue weighted by atomic mass is 10.2. The lowest BCUT2D eigenvalue weighted by Gasteiger charge is -2.08.